The Morgan fingerprint density at radius 3 is 2.57 bits per heavy atom. The Labute approximate surface area is 178 Å². The zero-order chi connectivity index (χ0) is 20.6. The van der Waals surface area contributed by atoms with E-state index in [9.17, 15) is 0 Å². The number of ether oxygens (including phenoxy) is 1. The first-order chi connectivity index (χ1) is 14.6. The van der Waals surface area contributed by atoms with Crippen LogP contribution >= 0.6 is 0 Å². The summed E-state index contributed by atoms with van der Waals surface area (Å²) in [6, 6.07) is 4.39. The van der Waals surface area contributed by atoms with Crippen molar-refractivity contribution in [3.8, 4) is 0 Å². The van der Waals surface area contributed by atoms with Gasteiger partial charge in [-0.15, -0.1) is 0 Å². The first-order valence-electron chi connectivity index (χ1n) is 11.0. The largest absolute Gasteiger partial charge is 0.368 e. The van der Waals surface area contributed by atoms with Gasteiger partial charge in [0.05, 0.1) is 12.3 Å². The van der Waals surface area contributed by atoms with Crippen molar-refractivity contribution in [2.24, 2.45) is 0 Å². The lowest BCUT2D eigenvalue weighted by Gasteiger charge is -2.44. The number of pyridine rings is 1. The highest BCUT2D eigenvalue weighted by molar-refractivity contribution is 5.41. The smallest absolute Gasteiger partial charge is 0.220 e. The Hall–Kier alpha value is -2.29. The van der Waals surface area contributed by atoms with Crippen molar-refractivity contribution in [2.75, 3.05) is 63.6 Å². The molecule has 0 radical (unpaired) electrons. The zero-order valence-corrected chi connectivity index (χ0v) is 17.8. The second-order valence-corrected chi connectivity index (χ2v) is 8.79. The van der Waals surface area contributed by atoms with Crippen molar-refractivity contribution in [1.29, 1.82) is 0 Å². The third kappa shape index (κ3) is 3.87. The number of nitrogens with zero attached hydrogens (tertiary/aromatic N) is 6. The molecule has 8 heteroatoms. The van der Waals surface area contributed by atoms with Crippen LogP contribution in [-0.4, -0.2) is 77.7 Å². The van der Waals surface area contributed by atoms with Gasteiger partial charge in [0.2, 0.25) is 5.95 Å². The van der Waals surface area contributed by atoms with Gasteiger partial charge in [0, 0.05) is 58.2 Å². The molecule has 160 valence electrons. The molecule has 0 amide bonds. The van der Waals surface area contributed by atoms with Gasteiger partial charge in [-0.1, -0.05) is 6.07 Å². The highest BCUT2D eigenvalue weighted by Gasteiger charge is 2.42. The van der Waals surface area contributed by atoms with Crippen LogP contribution in [0.25, 0.3) is 0 Å². The number of piperidine rings is 1. The quantitative estimate of drug-likeness (QED) is 0.812. The molecule has 2 aromatic rings. The fourth-order valence-electron chi connectivity index (χ4n) is 4.86. The lowest BCUT2D eigenvalue weighted by molar-refractivity contribution is -0.0801. The average molecular weight is 410 g/mol. The monoisotopic (exact) mass is 409 g/mol. The zero-order valence-electron chi connectivity index (χ0n) is 17.8. The summed E-state index contributed by atoms with van der Waals surface area (Å²) in [7, 11) is 2.19. The van der Waals surface area contributed by atoms with Crippen LogP contribution in [0.3, 0.4) is 0 Å². The highest BCUT2D eigenvalue weighted by Crippen LogP contribution is 2.41. The number of rotatable bonds is 3. The Morgan fingerprint density at radius 1 is 1.03 bits per heavy atom. The van der Waals surface area contributed by atoms with Crippen LogP contribution in [0.1, 0.15) is 29.7 Å². The molecule has 2 saturated heterocycles. The number of hydrogen-bond acceptors (Lipinski definition) is 8. The molecule has 0 saturated carbocycles. The molecule has 0 unspecified atom stereocenters. The van der Waals surface area contributed by atoms with Crippen molar-refractivity contribution < 1.29 is 4.74 Å². The summed E-state index contributed by atoms with van der Waals surface area (Å²) in [5.74, 6) is 1.38. The molecule has 0 atom stereocenters. The average Bonchev–Trinajstić information content (AvgIpc) is 2.77. The first-order valence-corrected chi connectivity index (χ1v) is 11.0. The standard InChI is InChI=1S/C22H31N7O/c1-27-9-11-28(12-10-27)16-17-2-3-19(24-14-17)29-7-5-22(6-8-29)20-18(4-13-30-22)15-25-21(23)26-20/h2-3,14-15H,4-13,16H2,1H3,(H2,23,25,26). The maximum atomic E-state index is 6.28. The van der Waals surface area contributed by atoms with Gasteiger partial charge in [-0.2, -0.15) is 0 Å². The molecule has 2 aromatic heterocycles. The minimum absolute atomic E-state index is 0.331. The molecule has 3 aliphatic heterocycles. The van der Waals surface area contributed by atoms with Crippen molar-refractivity contribution >= 4 is 11.8 Å². The topological polar surface area (TPSA) is 83.6 Å². The third-order valence-electron chi connectivity index (χ3n) is 6.77. The predicted molar refractivity (Wildman–Crippen MR) is 116 cm³/mol. The third-order valence-corrected chi connectivity index (χ3v) is 6.77. The van der Waals surface area contributed by atoms with Gasteiger partial charge in [-0.3, -0.25) is 4.90 Å². The van der Waals surface area contributed by atoms with Gasteiger partial charge in [-0.05, 0) is 43.5 Å². The van der Waals surface area contributed by atoms with Gasteiger partial charge < -0.3 is 20.3 Å². The van der Waals surface area contributed by atoms with Crippen LogP contribution in [0.4, 0.5) is 11.8 Å². The molecule has 0 aliphatic carbocycles. The molecule has 2 N–H and O–H groups in total. The normalized spacial score (nSPS) is 22.2. The second kappa shape index (κ2) is 8.09. The second-order valence-electron chi connectivity index (χ2n) is 8.79. The van der Waals surface area contributed by atoms with E-state index in [0.717, 1.165) is 83.2 Å². The summed E-state index contributed by atoms with van der Waals surface area (Å²) in [6.45, 7) is 8.04. The van der Waals surface area contributed by atoms with Gasteiger partial charge >= 0.3 is 0 Å². The van der Waals surface area contributed by atoms with E-state index >= 15 is 0 Å². The molecule has 5 rings (SSSR count). The van der Waals surface area contributed by atoms with Crippen LogP contribution in [-0.2, 0) is 23.3 Å². The van der Waals surface area contributed by atoms with Crippen LogP contribution in [0.2, 0.25) is 0 Å². The molecule has 0 bridgehead atoms. The van der Waals surface area contributed by atoms with E-state index in [4.69, 9.17) is 15.5 Å². The Morgan fingerprint density at radius 2 is 1.83 bits per heavy atom. The van der Waals surface area contributed by atoms with Gasteiger partial charge in [0.1, 0.15) is 11.4 Å². The number of nitrogens with two attached hydrogens (primary N) is 1. The summed E-state index contributed by atoms with van der Waals surface area (Å²) >= 11 is 0. The van der Waals surface area contributed by atoms with Crippen LogP contribution in [0.15, 0.2) is 24.5 Å². The van der Waals surface area contributed by atoms with E-state index in [-0.39, 0.29) is 5.60 Å². The molecule has 30 heavy (non-hydrogen) atoms. The number of likely N-dealkylation sites (N-methyl/N-ethyl adjacent to an activating group) is 1. The maximum absolute atomic E-state index is 6.28. The number of nitrogen functional groups attached to an aromatic ring is 1. The highest BCUT2D eigenvalue weighted by atomic mass is 16.5. The van der Waals surface area contributed by atoms with E-state index in [1.165, 1.54) is 11.1 Å². The number of fused-ring (bicyclic) bond motifs is 2. The van der Waals surface area contributed by atoms with Gasteiger partial charge in [0.15, 0.2) is 0 Å². The number of piperazine rings is 1. The van der Waals surface area contributed by atoms with E-state index < -0.39 is 0 Å². The summed E-state index contributed by atoms with van der Waals surface area (Å²) in [5.41, 5.74) is 9.00. The Balaban J connectivity index is 1.23. The van der Waals surface area contributed by atoms with Crippen LogP contribution in [0.5, 0.6) is 0 Å². The van der Waals surface area contributed by atoms with E-state index in [1.807, 2.05) is 12.4 Å². The number of anilines is 2. The van der Waals surface area contributed by atoms with Gasteiger partial charge in [-0.25, -0.2) is 15.0 Å². The Bertz CT molecular complexity index is 872. The maximum Gasteiger partial charge on any atom is 0.220 e. The fourth-order valence-corrected chi connectivity index (χ4v) is 4.86. The van der Waals surface area contributed by atoms with E-state index in [1.54, 1.807) is 0 Å². The van der Waals surface area contributed by atoms with Gasteiger partial charge in [0.25, 0.3) is 0 Å². The Kier molecular flexibility index (Phi) is 5.30. The number of aromatic nitrogens is 3. The van der Waals surface area contributed by atoms with Crippen LogP contribution in [0, 0.1) is 0 Å². The minimum atomic E-state index is -0.331. The van der Waals surface area contributed by atoms with Crippen LogP contribution < -0.4 is 10.6 Å². The van der Waals surface area contributed by atoms with Crippen molar-refractivity contribution in [1.82, 2.24) is 24.8 Å². The first kappa shape index (κ1) is 19.7. The molecule has 8 nitrogen and oxygen atoms in total. The molecule has 0 aromatic carbocycles. The molecular formula is C22H31N7O. The van der Waals surface area contributed by atoms with E-state index in [2.05, 4.69) is 43.8 Å². The molecule has 5 heterocycles. The lowest BCUT2D eigenvalue weighted by atomic mass is 9.83. The SMILES string of the molecule is CN1CCN(Cc2ccc(N3CCC4(CC3)OCCc3cnc(N)nc34)nc2)CC1. The molecular weight excluding hydrogens is 378 g/mol. The van der Waals surface area contributed by atoms with Crippen molar-refractivity contribution in [3.63, 3.8) is 0 Å². The lowest BCUT2D eigenvalue weighted by Crippen LogP contribution is -2.47. The summed E-state index contributed by atoms with van der Waals surface area (Å²) in [6.07, 6.45) is 6.55. The predicted octanol–water partition coefficient (Wildman–Crippen LogP) is 1.27. The molecule has 3 aliphatic rings. The number of hydrogen-bond donors (Lipinski definition) is 1. The summed E-state index contributed by atoms with van der Waals surface area (Å²) in [5, 5.41) is 0. The summed E-state index contributed by atoms with van der Waals surface area (Å²) < 4.78 is 6.28. The minimum Gasteiger partial charge on any atom is -0.368 e. The molecule has 1 spiro atoms. The van der Waals surface area contributed by atoms with Crippen molar-refractivity contribution in [2.45, 2.75) is 31.4 Å². The molecule has 2 fully saturated rings. The fraction of sp³-hybridized carbons (Fsp3) is 0.591. The van der Waals surface area contributed by atoms with Crippen molar-refractivity contribution in [3.05, 3.63) is 41.3 Å². The van der Waals surface area contributed by atoms with E-state index in [0.29, 0.717) is 5.95 Å². The summed E-state index contributed by atoms with van der Waals surface area (Å²) in [4.78, 5) is 20.8.